The Morgan fingerprint density at radius 2 is 1.80 bits per heavy atom. The molecule has 0 saturated heterocycles. The van der Waals surface area contributed by atoms with E-state index >= 15 is 0 Å². The molecule has 2 aromatic carbocycles. The number of hydrogen-bond donors (Lipinski definition) is 1. The Labute approximate surface area is 118 Å². The second-order valence-corrected chi connectivity index (χ2v) is 4.92. The van der Waals surface area contributed by atoms with Crippen LogP contribution in [0.5, 0.6) is 0 Å². The maximum absolute atomic E-state index is 10.6. The molecule has 0 fully saturated rings. The molecule has 2 nitrogen and oxygen atoms in total. The lowest BCUT2D eigenvalue weighted by Crippen LogP contribution is -2.04. The third-order valence-electron chi connectivity index (χ3n) is 3.66. The van der Waals surface area contributed by atoms with E-state index in [9.17, 15) is 5.11 Å². The van der Waals surface area contributed by atoms with Crippen molar-refractivity contribution in [1.82, 2.24) is 4.98 Å². The Morgan fingerprint density at radius 1 is 1.05 bits per heavy atom. The normalized spacial score (nSPS) is 12.5. The number of para-hydroxylation sites is 1. The lowest BCUT2D eigenvalue weighted by atomic mass is 9.96. The summed E-state index contributed by atoms with van der Waals surface area (Å²) in [6, 6.07) is 18.0. The molecule has 3 rings (SSSR count). The molecule has 0 saturated carbocycles. The molecule has 0 amide bonds. The Balaban J connectivity index is 2.05. The number of aliphatic hydroxyl groups is 1. The quantitative estimate of drug-likeness (QED) is 0.778. The van der Waals surface area contributed by atoms with Crippen LogP contribution in [0.4, 0.5) is 0 Å². The van der Waals surface area contributed by atoms with E-state index < -0.39 is 6.10 Å². The van der Waals surface area contributed by atoms with Gasteiger partial charge in [-0.15, -0.1) is 0 Å². The fraction of sp³-hybridized carbons (Fsp3) is 0.167. The summed E-state index contributed by atoms with van der Waals surface area (Å²) in [5.74, 6) is 0. The zero-order valence-corrected chi connectivity index (χ0v) is 11.5. The molecule has 0 aliphatic heterocycles. The molecule has 1 heterocycles. The van der Waals surface area contributed by atoms with Gasteiger partial charge in [-0.2, -0.15) is 0 Å². The third-order valence-corrected chi connectivity index (χ3v) is 3.66. The van der Waals surface area contributed by atoms with E-state index in [4.69, 9.17) is 0 Å². The minimum Gasteiger partial charge on any atom is -0.384 e. The molecule has 1 atom stereocenters. The van der Waals surface area contributed by atoms with Crippen LogP contribution in [-0.4, -0.2) is 10.1 Å². The van der Waals surface area contributed by atoms with E-state index in [2.05, 4.69) is 18.0 Å². The molecule has 0 aliphatic carbocycles. The summed E-state index contributed by atoms with van der Waals surface area (Å²) in [5, 5.41) is 11.7. The highest BCUT2D eigenvalue weighted by molar-refractivity contribution is 5.78. The van der Waals surface area contributed by atoms with Crippen LogP contribution in [0, 0.1) is 0 Å². The van der Waals surface area contributed by atoms with Gasteiger partial charge in [-0.3, -0.25) is 4.98 Å². The summed E-state index contributed by atoms with van der Waals surface area (Å²) in [6.07, 6.45) is 2.05. The molecule has 3 aromatic rings. The highest BCUT2D eigenvalue weighted by Gasteiger charge is 2.14. The van der Waals surface area contributed by atoms with E-state index in [0.717, 1.165) is 28.5 Å². The SMILES string of the molecule is CCc1ccccc1C(O)c1cnc2ccccc2c1. The van der Waals surface area contributed by atoms with Gasteiger partial charge in [-0.25, -0.2) is 0 Å². The maximum Gasteiger partial charge on any atom is 0.106 e. The van der Waals surface area contributed by atoms with Gasteiger partial charge in [-0.1, -0.05) is 49.4 Å². The summed E-state index contributed by atoms with van der Waals surface area (Å²) in [4.78, 5) is 4.42. The van der Waals surface area contributed by atoms with Gasteiger partial charge in [0.05, 0.1) is 5.52 Å². The molecule has 0 bridgehead atoms. The van der Waals surface area contributed by atoms with Gasteiger partial charge >= 0.3 is 0 Å². The highest BCUT2D eigenvalue weighted by Crippen LogP contribution is 2.26. The van der Waals surface area contributed by atoms with Gasteiger partial charge in [0.25, 0.3) is 0 Å². The fourth-order valence-electron chi connectivity index (χ4n) is 2.54. The second kappa shape index (κ2) is 5.43. The van der Waals surface area contributed by atoms with Crippen molar-refractivity contribution in [3.8, 4) is 0 Å². The molecule has 0 spiro atoms. The van der Waals surface area contributed by atoms with Crippen molar-refractivity contribution < 1.29 is 5.11 Å². The van der Waals surface area contributed by atoms with Crippen molar-refractivity contribution in [2.24, 2.45) is 0 Å². The topological polar surface area (TPSA) is 33.1 Å². The predicted octanol–water partition coefficient (Wildman–Crippen LogP) is 3.88. The standard InChI is InChI=1S/C18H17NO/c1-2-13-7-3-5-9-16(13)18(20)15-11-14-8-4-6-10-17(14)19-12-15/h3-12,18,20H,2H2,1H3. The van der Waals surface area contributed by atoms with Crippen LogP contribution in [0.15, 0.2) is 60.8 Å². The predicted molar refractivity (Wildman–Crippen MR) is 81.6 cm³/mol. The van der Waals surface area contributed by atoms with E-state index in [0.29, 0.717) is 0 Å². The molecule has 2 heteroatoms. The zero-order chi connectivity index (χ0) is 13.9. The fourth-order valence-corrected chi connectivity index (χ4v) is 2.54. The monoisotopic (exact) mass is 263 g/mol. The second-order valence-electron chi connectivity index (χ2n) is 4.92. The summed E-state index contributed by atoms with van der Waals surface area (Å²) in [5.41, 5.74) is 3.93. The Morgan fingerprint density at radius 3 is 2.65 bits per heavy atom. The third kappa shape index (κ3) is 2.30. The van der Waals surface area contributed by atoms with Crippen molar-refractivity contribution in [1.29, 1.82) is 0 Å². The average Bonchev–Trinajstić information content (AvgIpc) is 2.53. The van der Waals surface area contributed by atoms with E-state index in [1.807, 2.05) is 48.5 Å². The number of benzene rings is 2. The van der Waals surface area contributed by atoms with Crippen LogP contribution in [-0.2, 0) is 6.42 Å². The lowest BCUT2D eigenvalue weighted by Gasteiger charge is -2.15. The summed E-state index contributed by atoms with van der Waals surface area (Å²) in [7, 11) is 0. The Hall–Kier alpha value is -2.19. The molecular weight excluding hydrogens is 246 g/mol. The minimum atomic E-state index is -0.622. The van der Waals surface area contributed by atoms with Crippen LogP contribution in [0.3, 0.4) is 0 Å². The van der Waals surface area contributed by atoms with E-state index in [1.54, 1.807) is 6.20 Å². The number of nitrogens with zero attached hydrogens (tertiary/aromatic N) is 1. The average molecular weight is 263 g/mol. The van der Waals surface area contributed by atoms with Gasteiger partial charge in [0.1, 0.15) is 6.10 Å². The maximum atomic E-state index is 10.6. The number of hydrogen-bond acceptors (Lipinski definition) is 2. The first-order chi connectivity index (χ1) is 9.79. The van der Waals surface area contributed by atoms with Crippen LogP contribution >= 0.6 is 0 Å². The summed E-state index contributed by atoms with van der Waals surface area (Å²) in [6.45, 7) is 2.10. The molecule has 1 aromatic heterocycles. The number of rotatable bonds is 3. The molecule has 0 radical (unpaired) electrons. The number of aliphatic hydroxyl groups excluding tert-OH is 1. The first-order valence-corrected chi connectivity index (χ1v) is 6.90. The summed E-state index contributed by atoms with van der Waals surface area (Å²) < 4.78 is 0. The van der Waals surface area contributed by atoms with Crippen molar-refractivity contribution in [2.45, 2.75) is 19.4 Å². The number of pyridine rings is 1. The van der Waals surface area contributed by atoms with Gasteiger partial charge in [-0.05, 0) is 29.7 Å². The molecule has 1 N–H and O–H groups in total. The van der Waals surface area contributed by atoms with Crippen molar-refractivity contribution >= 4 is 10.9 Å². The van der Waals surface area contributed by atoms with Crippen LogP contribution in [0.25, 0.3) is 10.9 Å². The van der Waals surface area contributed by atoms with Crippen molar-refractivity contribution in [3.63, 3.8) is 0 Å². The van der Waals surface area contributed by atoms with Crippen LogP contribution < -0.4 is 0 Å². The largest absolute Gasteiger partial charge is 0.384 e. The number of fused-ring (bicyclic) bond motifs is 1. The van der Waals surface area contributed by atoms with Crippen LogP contribution in [0.1, 0.15) is 29.7 Å². The Bertz CT molecular complexity index is 736. The molecular formula is C18H17NO. The first-order valence-electron chi connectivity index (χ1n) is 6.90. The molecule has 20 heavy (non-hydrogen) atoms. The molecule has 100 valence electrons. The van der Waals surface area contributed by atoms with Gasteiger partial charge in [0, 0.05) is 17.1 Å². The van der Waals surface area contributed by atoms with Gasteiger partial charge < -0.3 is 5.11 Å². The van der Waals surface area contributed by atoms with Gasteiger partial charge in [0.15, 0.2) is 0 Å². The molecule has 1 unspecified atom stereocenters. The van der Waals surface area contributed by atoms with E-state index in [1.165, 1.54) is 5.56 Å². The Kier molecular flexibility index (Phi) is 3.48. The van der Waals surface area contributed by atoms with Crippen molar-refractivity contribution in [2.75, 3.05) is 0 Å². The number of aryl methyl sites for hydroxylation is 1. The summed E-state index contributed by atoms with van der Waals surface area (Å²) >= 11 is 0. The highest BCUT2D eigenvalue weighted by atomic mass is 16.3. The smallest absolute Gasteiger partial charge is 0.106 e. The molecule has 0 aliphatic rings. The van der Waals surface area contributed by atoms with Crippen LogP contribution in [0.2, 0.25) is 0 Å². The number of aromatic nitrogens is 1. The van der Waals surface area contributed by atoms with Gasteiger partial charge in [0.2, 0.25) is 0 Å². The lowest BCUT2D eigenvalue weighted by molar-refractivity contribution is 0.219. The first kappa shape index (κ1) is 12.8. The van der Waals surface area contributed by atoms with E-state index in [-0.39, 0.29) is 0 Å². The zero-order valence-electron chi connectivity index (χ0n) is 11.5. The minimum absolute atomic E-state index is 0.622. The van der Waals surface area contributed by atoms with Crippen molar-refractivity contribution in [3.05, 3.63) is 77.5 Å².